The Labute approximate surface area is 130 Å². The number of nitriles is 1. The molecule has 3 rings (SSSR count). The van der Waals surface area contributed by atoms with Crippen molar-refractivity contribution in [2.45, 2.75) is 0 Å². The first-order valence-corrected chi connectivity index (χ1v) is 6.66. The van der Waals surface area contributed by atoms with Crippen molar-refractivity contribution in [2.75, 3.05) is 0 Å². The Morgan fingerprint density at radius 1 is 1.09 bits per heavy atom. The van der Waals surface area contributed by atoms with E-state index in [9.17, 15) is 14.9 Å². The zero-order chi connectivity index (χ0) is 16.4. The maximum atomic E-state index is 12.1. The lowest BCUT2D eigenvalue weighted by molar-refractivity contribution is 0.0482. The fourth-order valence-corrected chi connectivity index (χ4v) is 2.21. The molecule has 0 amide bonds. The minimum Gasteiger partial charge on any atom is -0.478 e. The molecule has 0 saturated heterocycles. The van der Waals surface area contributed by atoms with E-state index in [1.54, 1.807) is 30.3 Å². The Morgan fingerprint density at radius 2 is 1.83 bits per heavy atom. The molecule has 112 valence electrons. The number of hydrogen-bond donors (Lipinski definition) is 1. The Morgan fingerprint density at radius 3 is 2.48 bits per heavy atom. The van der Waals surface area contributed by atoms with Gasteiger partial charge in [0.15, 0.2) is 0 Å². The Balaban J connectivity index is 2.03. The molecule has 0 unspecified atom stereocenters. The standard InChI is InChI=1S/C17H10N2O4/c18-9-13-10-19(23-17(22)11-4-2-1-3-5-11)15-7-6-12(16(20)21)8-14(13)15/h1-8,10H,(H,20,21). The summed E-state index contributed by atoms with van der Waals surface area (Å²) in [6, 6.07) is 14.7. The van der Waals surface area contributed by atoms with Crippen molar-refractivity contribution in [1.29, 1.82) is 5.26 Å². The lowest BCUT2D eigenvalue weighted by Gasteiger charge is -2.06. The summed E-state index contributed by atoms with van der Waals surface area (Å²) in [7, 11) is 0. The second kappa shape index (κ2) is 5.66. The summed E-state index contributed by atoms with van der Waals surface area (Å²) < 4.78 is 1.18. The molecule has 0 fully saturated rings. The molecule has 1 heterocycles. The summed E-state index contributed by atoms with van der Waals surface area (Å²) in [5.41, 5.74) is 1.09. The third-order valence-corrected chi connectivity index (χ3v) is 3.33. The molecule has 0 bridgehead atoms. The van der Waals surface area contributed by atoms with Crippen molar-refractivity contribution in [2.24, 2.45) is 0 Å². The number of nitrogens with zero attached hydrogens (tertiary/aromatic N) is 2. The third kappa shape index (κ3) is 2.63. The number of carbonyl (C=O) groups is 2. The maximum absolute atomic E-state index is 12.1. The zero-order valence-electron chi connectivity index (χ0n) is 11.8. The van der Waals surface area contributed by atoms with E-state index < -0.39 is 11.9 Å². The van der Waals surface area contributed by atoms with Gasteiger partial charge >= 0.3 is 11.9 Å². The van der Waals surface area contributed by atoms with Gasteiger partial charge in [0.2, 0.25) is 0 Å². The van der Waals surface area contributed by atoms with Crippen LogP contribution in [0.25, 0.3) is 10.9 Å². The van der Waals surface area contributed by atoms with Crippen LogP contribution in [0.1, 0.15) is 26.3 Å². The first-order valence-electron chi connectivity index (χ1n) is 6.66. The number of carbonyl (C=O) groups excluding carboxylic acids is 1. The van der Waals surface area contributed by atoms with Gasteiger partial charge in [0.1, 0.15) is 6.07 Å². The van der Waals surface area contributed by atoms with Gasteiger partial charge in [-0.1, -0.05) is 18.2 Å². The highest BCUT2D eigenvalue weighted by Crippen LogP contribution is 2.22. The maximum Gasteiger partial charge on any atom is 0.363 e. The summed E-state index contributed by atoms with van der Waals surface area (Å²) in [6.45, 7) is 0. The second-order valence-electron chi connectivity index (χ2n) is 4.76. The minimum atomic E-state index is -1.09. The van der Waals surface area contributed by atoms with Gasteiger partial charge in [0, 0.05) is 5.39 Å². The fourth-order valence-electron chi connectivity index (χ4n) is 2.21. The van der Waals surface area contributed by atoms with Crippen molar-refractivity contribution < 1.29 is 19.5 Å². The average molecular weight is 306 g/mol. The molecule has 0 atom stereocenters. The average Bonchev–Trinajstić information content (AvgIpc) is 2.92. The molecular weight excluding hydrogens is 296 g/mol. The lowest BCUT2D eigenvalue weighted by Crippen LogP contribution is -2.18. The minimum absolute atomic E-state index is 0.0566. The van der Waals surface area contributed by atoms with Crippen LogP contribution in [0.4, 0.5) is 0 Å². The number of hydrogen-bond acceptors (Lipinski definition) is 4. The van der Waals surface area contributed by atoms with E-state index >= 15 is 0 Å². The zero-order valence-corrected chi connectivity index (χ0v) is 11.8. The van der Waals surface area contributed by atoms with Gasteiger partial charge in [-0.25, -0.2) is 9.59 Å². The highest BCUT2D eigenvalue weighted by Gasteiger charge is 2.15. The SMILES string of the molecule is N#Cc1cn(OC(=O)c2ccccc2)c2ccc(C(=O)O)cc12. The van der Waals surface area contributed by atoms with E-state index in [4.69, 9.17) is 9.94 Å². The molecule has 0 aliphatic carbocycles. The van der Waals surface area contributed by atoms with Crippen LogP contribution < -0.4 is 4.84 Å². The Kier molecular flexibility index (Phi) is 3.53. The number of carboxylic acids is 1. The molecule has 6 nitrogen and oxygen atoms in total. The molecule has 3 aromatic rings. The van der Waals surface area contributed by atoms with E-state index in [1.807, 2.05) is 6.07 Å². The van der Waals surface area contributed by atoms with Crippen LogP contribution in [0.5, 0.6) is 0 Å². The molecule has 0 saturated carbocycles. The largest absolute Gasteiger partial charge is 0.478 e. The van der Waals surface area contributed by atoms with E-state index in [1.165, 1.54) is 29.1 Å². The van der Waals surface area contributed by atoms with E-state index in [0.717, 1.165) is 0 Å². The molecule has 1 N–H and O–H groups in total. The smallest absolute Gasteiger partial charge is 0.363 e. The molecule has 0 radical (unpaired) electrons. The van der Waals surface area contributed by atoms with Crippen molar-refractivity contribution in [3.05, 3.63) is 71.4 Å². The molecule has 0 aliphatic rings. The van der Waals surface area contributed by atoms with Crippen molar-refractivity contribution in [1.82, 2.24) is 4.73 Å². The topological polar surface area (TPSA) is 92.3 Å². The van der Waals surface area contributed by atoms with Crippen molar-refractivity contribution in [3.63, 3.8) is 0 Å². The number of carboxylic acid groups (broad SMARTS) is 1. The molecule has 0 aliphatic heterocycles. The first-order chi connectivity index (χ1) is 11.1. The monoisotopic (exact) mass is 306 g/mol. The quantitative estimate of drug-likeness (QED) is 0.802. The Hall–Kier alpha value is -3.59. The lowest BCUT2D eigenvalue weighted by atomic mass is 10.1. The summed E-state index contributed by atoms with van der Waals surface area (Å²) in [6.07, 6.45) is 1.36. The van der Waals surface area contributed by atoms with Crippen LogP contribution in [-0.2, 0) is 0 Å². The van der Waals surface area contributed by atoms with E-state index in [-0.39, 0.29) is 11.1 Å². The summed E-state index contributed by atoms with van der Waals surface area (Å²) in [5.74, 6) is -1.67. The molecule has 1 aromatic heterocycles. The van der Waals surface area contributed by atoms with Crippen molar-refractivity contribution >= 4 is 22.8 Å². The summed E-state index contributed by atoms with van der Waals surface area (Å²) >= 11 is 0. The fraction of sp³-hybridized carbons (Fsp3) is 0. The van der Waals surface area contributed by atoms with Crippen molar-refractivity contribution in [3.8, 4) is 6.07 Å². The van der Waals surface area contributed by atoms with Crippen LogP contribution in [0.3, 0.4) is 0 Å². The molecule has 6 heteroatoms. The van der Waals surface area contributed by atoms with Gasteiger partial charge < -0.3 is 9.94 Å². The van der Waals surface area contributed by atoms with E-state index in [2.05, 4.69) is 0 Å². The van der Waals surface area contributed by atoms with Crippen LogP contribution in [0, 0.1) is 11.3 Å². The van der Waals surface area contributed by atoms with Crippen LogP contribution in [0.2, 0.25) is 0 Å². The Bertz CT molecular complexity index is 952. The highest BCUT2D eigenvalue weighted by molar-refractivity contribution is 5.96. The molecule has 2 aromatic carbocycles. The number of benzene rings is 2. The predicted molar refractivity (Wildman–Crippen MR) is 81.0 cm³/mol. The number of rotatable bonds is 3. The van der Waals surface area contributed by atoms with Gasteiger partial charge in [0.25, 0.3) is 0 Å². The predicted octanol–water partition coefficient (Wildman–Crippen LogP) is 2.48. The van der Waals surface area contributed by atoms with Gasteiger partial charge in [-0.3, -0.25) is 0 Å². The molecule has 0 spiro atoms. The van der Waals surface area contributed by atoms with Crippen LogP contribution in [-0.4, -0.2) is 21.8 Å². The van der Waals surface area contributed by atoms with E-state index in [0.29, 0.717) is 16.5 Å². The van der Waals surface area contributed by atoms with Gasteiger partial charge in [-0.05, 0) is 30.3 Å². The van der Waals surface area contributed by atoms with Crippen LogP contribution in [0.15, 0.2) is 54.7 Å². The van der Waals surface area contributed by atoms with Crippen LogP contribution >= 0.6 is 0 Å². The van der Waals surface area contributed by atoms with Gasteiger partial charge in [0.05, 0.1) is 28.4 Å². The molecule has 23 heavy (non-hydrogen) atoms. The number of aromatic nitrogens is 1. The van der Waals surface area contributed by atoms with Gasteiger partial charge in [-0.2, -0.15) is 9.99 Å². The summed E-state index contributed by atoms with van der Waals surface area (Å²) in [4.78, 5) is 28.4. The highest BCUT2D eigenvalue weighted by atomic mass is 16.7. The number of aromatic carboxylic acids is 1. The first kappa shape index (κ1) is 14.4. The molecular formula is C17H10N2O4. The second-order valence-corrected chi connectivity index (χ2v) is 4.76. The normalized spacial score (nSPS) is 10.2. The third-order valence-electron chi connectivity index (χ3n) is 3.33. The number of fused-ring (bicyclic) bond motifs is 1. The van der Waals surface area contributed by atoms with Gasteiger partial charge in [-0.15, -0.1) is 0 Å². The summed E-state index contributed by atoms with van der Waals surface area (Å²) in [5, 5.41) is 18.6.